The number of anilines is 1. The molecule has 0 bridgehead atoms. The van der Waals surface area contributed by atoms with Gasteiger partial charge >= 0.3 is 6.18 Å². The molecule has 1 aromatic carbocycles. The second-order valence-electron chi connectivity index (χ2n) is 11.0. The highest BCUT2D eigenvalue weighted by molar-refractivity contribution is 5.94. The predicted octanol–water partition coefficient (Wildman–Crippen LogP) is 6.23. The quantitative estimate of drug-likeness (QED) is 0.275. The summed E-state index contributed by atoms with van der Waals surface area (Å²) in [6, 6.07) is 6.65. The fraction of sp³-hybridized carbons (Fsp3) is 0.367. The van der Waals surface area contributed by atoms with Crippen LogP contribution in [0, 0.1) is 11.8 Å². The Morgan fingerprint density at radius 1 is 1.20 bits per heavy atom. The van der Waals surface area contributed by atoms with Crippen molar-refractivity contribution in [3.63, 3.8) is 0 Å². The minimum Gasteiger partial charge on any atom is -0.382 e. The zero-order valence-electron chi connectivity index (χ0n) is 22.1. The normalized spacial score (nSPS) is 20.9. The molecular weight excluding hydrogens is 517 g/mol. The molecule has 2 aliphatic carbocycles. The molecule has 40 heavy (non-hydrogen) atoms. The number of hydrogen-bond acceptors (Lipinski definition) is 4. The molecule has 6 rings (SSSR count). The van der Waals surface area contributed by atoms with Gasteiger partial charge in [0.25, 0.3) is 5.91 Å². The van der Waals surface area contributed by atoms with Gasteiger partial charge < -0.3 is 16.0 Å². The Hall–Kier alpha value is -4.08. The minimum atomic E-state index is -4.48. The van der Waals surface area contributed by atoms with Gasteiger partial charge in [-0.25, -0.2) is 9.97 Å². The number of amides is 1. The first-order chi connectivity index (χ1) is 19.2. The van der Waals surface area contributed by atoms with Crippen LogP contribution in [-0.2, 0) is 12.6 Å². The molecule has 7 nitrogen and oxygen atoms in total. The van der Waals surface area contributed by atoms with Crippen molar-refractivity contribution in [3.8, 4) is 11.4 Å². The van der Waals surface area contributed by atoms with E-state index in [0.29, 0.717) is 18.3 Å². The number of allylic oxidation sites excluding steroid dienone is 1. The molecular formula is C30H31F3N6O. The summed E-state index contributed by atoms with van der Waals surface area (Å²) < 4.78 is 41.1. The molecule has 10 heteroatoms. The monoisotopic (exact) mass is 548 g/mol. The number of aromatic amines is 1. The highest BCUT2D eigenvalue weighted by Gasteiger charge is 2.31. The summed E-state index contributed by atoms with van der Waals surface area (Å²) in [5.74, 6) is 1.82. The number of fused-ring (bicyclic) bond motifs is 2. The van der Waals surface area contributed by atoms with Gasteiger partial charge in [0.2, 0.25) is 0 Å². The molecule has 208 valence electrons. The number of alkyl halides is 3. The van der Waals surface area contributed by atoms with Crippen LogP contribution >= 0.6 is 0 Å². The summed E-state index contributed by atoms with van der Waals surface area (Å²) in [7, 11) is 0. The average Bonchev–Trinajstić information content (AvgIpc) is 3.54. The van der Waals surface area contributed by atoms with Crippen LogP contribution in [0.5, 0.6) is 0 Å². The van der Waals surface area contributed by atoms with Crippen LogP contribution < -0.4 is 11.1 Å². The molecule has 1 atom stereocenters. The first-order valence-corrected chi connectivity index (χ1v) is 13.7. The van der Waals surface area contributed by atoms with Crippen molar-refractivity contribution in [2.45, 2.75) is 51.1 Å². The zero-order chi connectivity index (χ0) is 28.0. The number of imidazole rings is 1. The van der Waals surface area contributed by atoms with Crippen molar-refractivity contribution in [3.05, 3.63) is 77.0 Å². The number of nitrogens with two attached hydrogens (primary N) is 1. The summed E-state index contributed by atoms with van der Waals surface area (Å²) in [5, 5.41) is 2.83. The maximum absolute atomic E-state index is 13.0. The summed E-state index contributed by atoms with van der Waals surface area (Å²) in [6.07, 6.45) is 7.94. The van der Waals surface area contributed by atoms with Crippen molar-refractivity contribution in [1.82, 2.24) is 24.7 Å². The molecule has 4 N–H and O–H groups in total. The first-order valence-electron chi connectivity index (χ1n) is 13.7. The van der Waals surface area contributed by atoms with Crippen LogP contribution in [0.4, 0.5) is 19.0 Å². The molecule has 0 radical (unpaired) electrons. The standard InChI is InChI=1S/C30H31F3N6O/c1-17-5-8-20-15-24(37-23(20)13-17)25-26-27(34)35-11-12-39(26)28(38-25)19-9-6-18(7-10-19)16-36-29(40)21-3-2-4-22(14-21)30(31,32)33/h2-5,8,11-12,14-15,17-19,37H,6-7,9-10,13,16H2,1H3,(H2,34,35)(H,36,40). The lowest BCUT2D eigenvalue weighted by Gasteiger charge is -2.28. The summed E-state index contributed by atoms with van der Waals surface area (Å²) >= 11 is 0. The van der Waals surface area contributed by atoms with Crippen molar-refractivity contribution >= 4 is 23.3 Å². The average molecular weight is 549 g/mol. The molecule has 2 aliphatic rings. The van der Waals surface area contributed by atoms with Crippen LogP contribution in [0.2, 0.25) is 0 Å². The molecule has 3 heterocycles. The third kappa shape index (κ3) is 4.98. The number of carbonyl (C=O) groups excluding carboxylic acids is 1. The number of H-pyrrole nitrogens is 1. The van der Waals surface area contributed by atoms with Crippen molar-refractivity contribution in [1.29, 1.82) is 0 Å². The van der Waals surface area contributed by atoms with E-state index in [1.165, 1.54) is 23.4 Å². The van der Waals surface area contributed by atoms with Gasteiger partial charge in [-0.05, 0) is 73.8 Å². The second kappa shape index (κ2) is 10.1. The molecule has 4 aromatic rings. The number of halogens is 3. The smallest absolute Gasteiger partial charge is 0.382 e. The Morgan fingerprint density at radius 2 is 2.00 bits per heavy atom. The Morgan fingerprint density at radius 3 is 2.77 bits per heavy atom. The molecule has 1 unspecified atom stereocenters. The van der Waals surface area contributed by atoms with Gasteiger partial charge in [0, 0.05) is 36.1 Å². The van der Waals surface area contributed by atoms with Crippen molar-refractivity contribution in [2.24, 2.45) is 11.8 Å². The van der Waals surface area contributed by atoms with Crippen LogP contribution in [0.1, 0.15) is 71.5 Å². The van der Waals surface area contributed by atoms with E-state index in [4.69, 9.17) is 10.7 Å². The SMILES string of the molecule is CC1C=Cc2cc(-c3nc(C4CCC(CNC(=O)c5cccc(C(F)(F)F)c5)CC4)n4ccnc(N)c34)[nH]c2C1. The van der Waals surface area contributed by atoms with Gasteiger partial charge in [0.15, 0.2) is 0 Å². The van der Waals surface area contributed by atoms with E-state index in [0.717, 1.165) is 67.0 Å². The maximum atomic E-state index is 13.0. The van der Waals surface area contributed by atoms with E-state index in [2.05, 4.69) is 44.8 Å². The Bertz CT molecular complexity index is 1590. The van der Waals surface area contributed by atoms with E-state index in [1.54, 1.807) is 6.20 Å². The summed E-state index contributed by atoms with van der Waals surface area (Å²) in [4.78, 5) is 25.5. The van der Waals surface area contributed by atoms with Crippen LogP contribution in [0.3, 0.4) is 0 Å². The maximum Gasteiger partial charge on any atom is 0.416 e. The Kier molecular flexibility index (Phi) is 6.64. The number of nitrogens with one attached hydrogen (secondary N) is 2. The molecule has 1 fully saturated rings. The van der Waals surface area contributed by atoms with Gasteiger partial charge in [-0.15, -0.1) is 0 Å². The largest absolute Gasteiger partial charge is 0.416 e. The number of carbonyl (C=O) groups is 1. The lowest BCUT2D eigenvalue weighted by molar-refractivity contribution is -0.137. The number of hydrogen-bond donors (Lipinski definition) is 3. The Balaban J connectivity index is 1.16. The number of nitrogen functional groups attached to an aromatic ring is 1. The van der Waals surface area contributed by atoms with E-state index >= 15 is 0 Å². The van der Waals surface area contributed by atoms with E-state index in [-0.39, 0.29) is 17.4 Å². The molecule has 0 saturated heterocycles. The van der Waals surface area contributed by atoms with Crippen LogP contribution in [0.25, 0.3) is 23.0 Å². The van der Waals surface area contributed by atoms with E-state index in [9.17, 15) is 18.0 Å². The molecule has 3 aromatic heterocycles. The number of rotatable bonds is 5. The van der Waals surface area contributed by atoms with Gasteiger partial charge in [-0.2, -0.15) is 13.2 Å². The van der Waals surface area contributed by atoms with Gasteiger partial charge in [0.05, 0.1) is 11.3 Å². The van der Waals surface area contributed by atoms with Crippen LogP contribution in [0.15, 0.2) is 48.8 Å². The highest BCUT2D eigenvalue weighted by Crippen LogP contribution is 2.39. The third-order valence-corrected chi connectivity index (χ3v) is 8.15. The zero-order valence-corrected chi connectivity index (χ0v) is 22.1. The topological polar surface area (TPSA) is 101 Å². The summed E-state index contributed by atoms with van der Waals surface area (Å²) in [5.41, 5.74) is 10.4. The van der Waals surface area contributed by atoms with Crippen molar-refractivity contribution < 1.29 is 18.0 Å². The molecule has 1 saturated carbocycles. The predicted molar refractivity (Wildman–Crippen MR) is 148 cm³/mol. The lowest BCUT2D eigenvalue weighted by atomic mass is 9.81. The van der Waals surface area contributed by atoms with Crippen LogP contribution in [-0.4, -0.2) is 31.8 Å². The van der Waals surface area contributed by atoms with E-state index < -0.39 is 17.6 Å². The number of aromatic nitrogens is 4. The number of benzene rings is 1. The van der Waals surface area contributed by atoms with Gasteiger partial charge in [-0.1, -0.05) is 25.1 Å². The Labute approximate surface area is 229 Å². The van der Waals surface area contributed by atoms with Gasteiger partial charge in [-0.3, -0.25) is 9.20 Å². The molecule has 0 aliphatic heterocycles. The second-order valence-corrected chi connectivity index (χ2v) is 11.0. The fourth-order valence-corrected chi connectivity index (χ4v) is 5.98. The van der Waals surface area contributed by atoms with E-state index in [1.807, 2.05) is 6.20 Å². The van der Waals surface area contributed by atoms with Gasteiger partial charge in [0.1, 0.15) is 22.9 Å². The number of nitrogens with zero attached hydrogens (tertiary/aromatic N) is 3. The first kappa shape index (κ1) is 26.2. The minimum absolute atomic E-state index is 0.0158. The molecule has 1 amide bonds. The molecule has 0 spiro atoms. The van der Waals surface area contributed by atoms with Crippen molar-refractivity contribution in [2.75, 3.05) is 12.3 Å². The fourth-order valence-electron chi connectivity index (χ4n) is 5.98. The third-order valence-electron chi connectivity index (χ3n) is 8.15. The lowest BCUT2D eigenvalue weighted by Crippen LogP contribution is -2.31. The summed E-state index contributed by atoms with van der Waals surface area (Å²) in [6.45, 7) is 2.62. The highest BCUT2D eigenvalue weighted by atomic mass is 19.4.